The number of nitrogens with two attached hydrogens (primary N) is 1. The van der Waals surface area contributed by atoms with Crippen molar-refractivity contribution in [2.75, 3.05) is 70.2 Å². The fourth-order valence-electron chi connectivity index (χ4n) is 11.6. The Kier molecular flexibility index (Phi) is 13.8. The van der Waals surface area contributed by atoms with Crippen molar-refractivity contribution in [1.29, 1.82) is 5.26 Å². The number of hydrogen-bond acceptors (Lipinski definition) is 16. The van der Waals surface area contributed by atoms with Crippen LogP contribution in [0.2, 0.25) is 5.02 Å². The molecule has 5 aliphatic rings. The molecular formula is C56H57ClF2N10O7S. The third-order valence-corrected chi connectivity index (χ3v) is 17.4. The fourth-order valence-corrected chi connectivity index (χ4v) is 12.6. The van der Waals surface area contributed by atoms with Crippen LogP contribution in [0.25, 0.3) is 45.6 Å². The lowest BCUT2D eigenvalue weighted by Crippen LogP contribution is -2.50. The number of hydrogen-bond donors (Lipinski definition) is 3. The summed E-state index contributed by atoms with van der Waals surface area (Å²) in [4.78, 5) is 61.3. The number of ether oxygens (including phenoxy) is 3. The highest BCUT2D eigenvalue weighted by molar-refractivity contribution is 7.14. The topological polar surface area (TPSA) is 214 Å². The average Bonchev–Trinajstić information content (AvgIpc) is 4.25. The van der Waals surface area contributed by atoms with Crippen molar-refractivity contribution in [2.45, 2.75) is 89.6 Å². The van der Waals surface area contributed by atoms with Gasteiger partial charge in [-0.15, -0.1) is 11.3 Å². The van der Waals surface area contributed by atoms with Gasteiger partial charge >= 0.3 is 12.0 Å². The molecule has 3 fully saturated rings. The summed E-state index contributed by atoms with van der Waals surface area (Å²) in [6.07, 6.45) is 7.18. The Bertz CT molecular complexity index is 3710. The van der Waals surface area contributed by atoms with Crippen molar-refractivity contribution < 1.29 is 37.7 Å². The van der Waals surface area contributed by atoms with E-state index in [-0.39, 0.29) is 109 Å². The number of thiophene rings is 1. The summed E-state index contributed by atoms with van der Waals surface area (Å²) in [5.41, 5.74) is 9.65. The summed E-state index contributed by atoms with van der Waals surface area (Å²) in [5, 5.41) is 25.1. The van der Waals surface area contributed by atoms with E-state index in [0.29, 0.717) is 78.3 Å². The van der Waals surface area contributed by atoms with Crippen molar-refractivity contribution >= 4 is 79.8 Å². The third-order valence-electron chi connectivity index (χ3n) is 16.1. The predicted octanol–water partition coefficient (Wildman–Crippen LogP) is 5.91. The first kappa shape index (κ1) is 52.1. The summed E-state index contributed by atoms with van der Waals surface area (Å²) >= 11 is 7.74. The lowest BCUT2D eigenvalue weighted by molar-refractivity contribution is -0.157. The molecule has 0 radical (unpaired) electrons. The number of nitriles is 1. The number of cyclic esters (lactones) is 1. The van der Waals surface area contributed by atoms with Crippen LogP contribution in [0.5, 0.6) is 11.8 Å². The van der Waals surface area contributed by atoms with Gasteiger partial charge in [0.05, 0.1) is 55.2 Å². The largest absolute Gasteiger partial charge is 0.489 e. The highest BCUT2D eigenvalue weighted by atomic mass is 35.5. The number of aryl methyl sites for hydroxylation is 1. The van der Waals surface area contributed by atoms with E-state index < -0.39 is 17.9 Å². The Balaban J connectivity index is 0.867. The second-order valence-corrected chi connectivity index (χ2v) is 22.4. The molecule has 1 atom stereocenters. The van der Waals surface area contributed by atoms with Crippen LogP contribution >= 0.6 is 22.9 Å². The number of halogens is 3. The Hall–Kier alpha value is -7.02. The van der Waals surface area contributed by atoms with E-state index in [4.69, 9.17) is 41.5 Å². The number of aliphatic hydroxyl groups excluding tert-OH is 1. The molecule has 0 saturated carbocycles. The number of aliphatic hydroxyl groups is 1. The molecule has 9 heterocycles. The zero-order chi connectivity index (χ0) is 54.1. The predicted molar refractivity (Wildman–Crippen MR) is 289 cm³/mol. The highest BCUT2D eigenvalue weighted by Gasteiger charge is 2.45. The number of anilines is 2. The number of esters is 1. The van der Waals surface area contributed by atoms with Gasteiger partial charge in [0, 0.05) is 64.4 Å². The van der Waals surface area contributed by atoms with Crippen LogP contribution in [0.1, 0.15) is 92.4 Å². The Morgan fingerprint density at radius 2 is 1.84 bits per heavy atom. The minimum atomic E-state index is -1.55. The normalized spacial score (nSPS) is 18.7. The van der Waals surface area contributed by atoms with Gasteiger partial charge in [0.25, 0.3) is 11.5 Å². The molecule has 17 nitrogen and oxygen atoms in total. The number of fused-ring (bicyclic) bond motifs is 7. The Morgan fingerprint density at radius 3 is 2.56 bits per heavy atom. The van der Waals surface area contributed by atoms with Crippen molar-refractivity contribution in [2.24, 2.45) is 0 Å². The van der Waals surface area contributed by atoms with Crippen LogP contribution in [-0.4, -0.2) is 117 Å². The molecule has 1 unspecified atom stereocenters. The van der Waals surface area contributed by atoms with Crippen molar-refractivity contribution in [3.05, 3.63) is 106 Å². The number of benzene rings is 2. The number of rotatable bonds is 13. The molecule has 6 aromatic rings. The zero-order valence-electron chi connectivity index (χ0n) is 43.1. The quantitative estimate of drug-likeness (QED) is 0.0904. The van der Waals surface area contributed by atoms with Gasteiger partial charge in [0.15, 0.2) is 11.9 Å². The number of piperazine rings is 1. The minimum absolute atomic E-state index is 0.00838. The summed E-state index contributed by atoms with van der Waals surface area (Å²) < 4.78 is 50.8. The summed E-state index contributed by atoms with van der Waals surface area (Å²) in [5.74, 6) is -0.900. The Labute approximate surface area is 450 Å². The van der Waals surface area contributed by atoms with E-state index in [1.807, 2.05) is 57.0 Å². The van der Waals surface area contributed by atoms with Crippen LogP contribution in [0.4, 0.5) is 19.6 Å². The van der Waals surface area contributed by atoms with E-state index in [1.165, 1.54) is 6.08 Å². The molecule has 0 spiro atoms. The van der Waals surface area contributed by atoms with E-state index in [1.54, 1.807) is 27.7 Å². The number of pyridine rings is 2. The van der Waals surface area contributed by atoms with Crippen molar-refractivity contribution in [3.63, 3.8) is 0 Å². The molecule has 3 saturated heterocycles. The van der Waals surface area contributed by atoms with Crippen molar-refractivity contribution in [3.8, 4) is 29.2 Å². The lowest BCUT2D eigenvalue weighted by Gasteiger charge is -2.36. The maximum atomic E-state index is 17.1. The number of amides is 1. The maximum Gasteiger partial charge on any atom is 0.340 e. The smallest absolute Gasteiger partial charge is 0.340 e. The molecule has 2 aromatic carbocycles. The van der Waals surface area contributed by atoms with Gasteiger partial charge in [0.2, 0.25) is 0 Å². The molecule has 400 valence electrons. The molecule has 1 amide bonds. The average molecular weight is 1090 g/mol. The summed E-state index contributed by atoms with van der Waals surface area (Å²) in [6, 6.07) is 10.8. The SMILES string of the molecule is CCc1c2c(nc3ccc(OC/C(=C/CC(C)(C)NC)C(=O)N4CCN(c5nc(OCC67CCCN6CCC7)nc6c(F)c(/C=c7\c(C#N)c(N)s\c7=C/F)c(Cl)cc56)CC4)cc13)-c1cc3c(c(=O)n1C2)COC(=O)C3O. The van der Waals surface area contributed by atoms with Crippen LogP contribution in [-0.2, 0) is 33.9 Å². The lowest BCUT2D eigenvalue weighted by atomic mass is 9.95. The second kappa shape index (κ2) is 20.4. The molecule has 5 aliphatic heterocycles. The monoisotopic (exact) mass is 1090 g/mol. The first-order chi connectivity index (χ1) is 37.0. The highest BCUT2D eigenvalue weighted by Crippen LogP contribution is 2.42. The molecule has 0 aliphatic carbocycles. The number of carbonyl (C=O) groups excluding carboxylic acids is 2. The third kappa shape index (κ3) is 9.24. The maximum absolute atomic E-state index is 17.1. The van der Waals surface area contributed by atoms with E-state index in [9.17, 15) is 29.1 Å². The van der Waals surface area contributed by atoms with Crippen LogP contribution in [0.15, 0.2) is 46.8 Å². The Morgan fingerprint density at radius 1 is 1.08 bits per heavy atom. The standard InChI is InChI=1S/C56H57ClF2N10O7S/c1-5-32-33-20-31(8-9-42(33)63-46-39(32)26-69-43(46)23-35-40(52(69)72)28-75-53(73)48(35)70)74-27-30(10-13-55(2,3)62-4)51(71)67-18-16-66(17-19-67)50-37-22-41(57)36(21-34-38(25-60)49(61)77-44(34)24-58)45(59)47(37)64-54(65-50)76-29-56-11-6-14-68(56)15-7-12-56/h8-10,20-24,48,62,70H,5-7,11-19,26-29,61H2,1-4H3/b30-10-,34-21+,44-24-. The summed E-state index contributed by atoms with van der Waals surface area (Å²) in [6.45, 7) is 9.65. The number of aromatic nitrogens is 4. The molecule has 4 aromatic heterocycles. The molecular weight excluding hydrogens is 1030 g/mol. The van der Waals surface area contributed by atoms with E-state index in [2.05, 4.69) is 15.2 Å². The van der Waals surface area contributed by atoms with Gasteiger partial charge < -0.3 is 44.7 Å². The van der Waals surface area contributed by atoms with Crippen LogP contribution in [0, 0.1) is 17.1 Å². The number of nitrogens with zero attached hydrogens (tertiary/aromatic N) is 8. The molecule has 11 rings (SSSR count). The van der Waals surface area contributed by atoms with Gasteiger partial charge in [0.1, 0.15) is 54.3 Å². The number of carbonyl (C=O) groups is 2. The number of nitrogen functional groups attached to an aromatic ring is 1. The molecule has 0 bridgehead atoms. The van der Waals surface area contributed by atoms with E-state index in [0.717, 1.165) is 66.6 Å². The van der Waals surface area contributed by atoms with E-state index >= 15 is 4.39 Å². The van der Waals surface area contributed by atoms with Gasteiger partial charge in [-0.05, 0) is 114 Å². The molecule has 4 N–H and O–H groups in total. The van der Waals surface area contributed by atoms with Crippen LogP contribution in [0.3, 0.4) is 0 Å². The molecule has 21 heteroatoms. The minimum Gasteiger partial charge on any atom is -0.489 e. The number of nitrogens with one attached hydrogen (secondary N) is 1. The fraction of sp³-hybridized carbons (Fsp3) is 0.411. The first-order valence-corrected chi connectivity index (χ1v) is 27.1. The van der Waals surface area contributed by atoms with Gasteiger partial charge in [-0.3, -0.25) is 14.5 Å². The summed E-state index contributed by atoms with van der Waals surface area (Å²) in [7, 11) is 1.87. The van der Waals surface area contributed by atoms with Gasteiger partial charge in [-0.25, -0.2) is 18.6 Å². The van der Waals surface area contributed by atoms with Crippen LogP contribution < -0.4 is 40.7 Å². The van der Waals surface area contributed by atoms with Gasteiger partial charge in [-0.2, -0.15) is 15.2 Å². The molecule has 77 heavy (non-hydrogen) atoms. The second-order valence-electron chi connectivity index (χ2n) is 21.0. The zero-order valence-corrected chi connectivity index (χ0v) is 44.7. The van der Waals surface area contributed by atoms with Gasteiger partial charge in [-0.1, -0.05) is 24.6 Å². The van der Waals surface area contributed by atoms with Crippen molar-refractivity contribution in [1.82, 2.24) is 34.6 Å². The first-order valence-electron chi connectivity index (χ1n) is 25.9.